The lowest BCUT2D eigenvalue weighted by Crippen LogP contribution is -2.59. The third-order valence-corrected chi connectivity index (χ3v) is 5.49. The quantitative estimate of drug-likeness (QED) is 0.754. The molecule has 0 aromatic carbocycles. The van der Waals surface area contributed by atoms with Gasteiger partial charge in [-0.2, -0.15) is 0 Å². The number of fused-ring (bicyclic) bond motifs is 1. The van der Waals surface area contributed by atoms with Gasteiger partial charge in [-0.3, -0.25) is 4.79 Å². The van der Waals surface area contributed by atoms with E-state index in [1.807, 2.05) is 27.7 Å². The lowest BCUT2D eigenvalue weighted by Gasteiger charge is -2.43. The van der Waals surface area contributed by atoms with Gasteiger partial charge in [-0.1, -0.05) is 20.8 Å². The summed E-state index contributed by atoms with van der Waals surface area (Å²) < 4.78 is 0. The van der Waals surface area contributed by atoms with Gasteiger partial charge < -0.3 is 15.7 Å². The topological polar surface area (TPSA) is 83.6 Å². The highest BCUT2D eigenvalue weighted by Crippen LogP contribution is 2.50. The zero-order valence-electron chi connectivity index (χ0n) is 12.3. The van der Waals surface area contributed by atoms with Crippen LogP contribution in [0.3, 0.4) is 0 Å². The third kappa shape index (κ3) is 2.35. The van der Waals surface area contributed by atoms with Crippen LogP contribution >= 0.6 is 11.8 Å². The van der Waals surface area contributed by atoms with Crippen LogP contribution in [0.1, 0.15) is 34.1 Å². The van der Waals surface area contributed by atoms with Crippen LogP contribution in [0.25, 0.3) is 0 Å². The molecule has 5 nitrogen and oxygen atoms in total. The molecular weight excluding hydrogens is 276 g/mol. The van der Waals surface area contributed by atoms with Gasteiger partial charge in [-0.05, 0) is 13.3 Å². The molecule has 5 atom stereocenters. The Kier molecular flexibility index (Phi) is 4.16. The van der Waals surface area contributed by atoms with Gasteiger partial charge in [0.2, 0.25) is 5.91 Å². The third-order valence-electron chi connectivity index (χ3n) is 4.07. The predicted octanol–water partition coefficient (Wildman–Crippen LogP) is 1.64. The summed E-state index contributed by atoms with van der Waals surface area (Å²) in [6, 6.07) is 0.0965. The second kappa shape index (κ2) is 5.41. The van der Waals surface area contributed by atoms with Crippen molar-refractivity contribution in [2.45, 2.75) is 51.4 Å². The molecule has 112 valence electrons. The highest BCUT2D eigenvalue weighted by molar-refractivity contribution is 8.03. The van der Waals surface area contributed by atoms with Gasteiger partial charge in [0.15, 0.2) is 0 Å². The number of thioether (sulfide) groups is 1. The molecule has 0 spiro atoms. The Balaban J connectivity index is 2.25. The average Bonchev–Trinajstić information content (AvgIpc) is 2.59. The molecule has 2 aliphatic heterocycles. The summed E-state index contributed by atoms with van der Waals surface area (Å²) in [5.41, 5.74) is 5.98. The Morgan fingerprint density at radius 1 is 1.40 bits per heavy atom. The van der Waals surface area contributed by atoms with Gasteiger partial charge in [0.1, 0.15) is 5.70 Å². The van der Waals surface area contributed by atoms with E-state index in [2.05, 4.69) is 0 Å². The number of β-lactam (4-membered cyclic amide) rings is 1. The minimum absolute atomic E-state index is 0.0126. The minimum atomic E-state index is -1.00. The van der Waals surface area contributed by atoms with Gasteiger partial charge >= 0.3 is 5.97 Å². The number of carbonyl (C=O) groups is 2. The van der Waals surface area contributed by atoms with Crippen molar-refractivity contribution in [2.75, 3.05) is 0 Å². The van der Waals surface area contributed by atoms with E-state index in [1.165, 1.54) is 4.90 Å². The number of hydrogen-bond donors (Lipinski definition) is 2. The van der Waals surface area contributed by atoms with Gasteiger partial charge in [0.05, 0.1) is 12.0 Å². The summed E-state index contributed by atoms with van der Waals surface area (Å²) in [7, 11) is 0. The van der Waals surface area contributed by atoms with Crippen molar-refractivity contribution < 1.29 is 14.7 Å². The first-order valence-corrected chi connectivity index (χ1v) is 7.86. The molecule has 2 aliphatic rings. The monoisotopic (exact) mass is 298 g/mol. The molecule has 0 aromatic heterocycles. The number of carbonyl (C=O) groups excluding carboxylic acids is 1. The van der Waals surface area contributed by atoms with E-state index in [-0.39, 0.29) is 40.8 Å². The van der Waals surface area contributed by atoms with Gasteiger partial charge in [-0.15, -0.1) is 11.8 Å². The smallest absolute Gasteiger partial charge is 0.353 e. The average molecular weight is 298 g/mol. The van der Waals surface area contributed by atoms with Gasteiger partial charge in [0, 0.05) is 22.1 Å². The van der Waals surface area contributed by atoms with Crippen LogP contribution in [0, 0.1) is 11.8 Å². The van der Waals surface area contributed by atoms with Crippen molar-refractivity contribution in [1.29, 1.82) is 0 Å². The summed E-state index contributed by atoms with van der Waals surface area (Å²) in [4.78, 5) is 25.7. The fourth-order valence-corrected chi connectivity index (χ4v) is 4.70. The maximum absolute atomic E-state index is 11.9. The van der Waals surface area contributed by atoms with E-state index >= 15 is 0 Å². The fraction of sp³-hybridized carbons (Fsp3) is 0.714. The molecule has 5 unspecified atom stereocenters. The van der Waals surface area contributed by atoms with E-state index < -0.39 is 5.97 Å². The minimum Gasteiger partial charge on any atom is -0.477 e. The predicted molar refractivity (Wildman–Crippen MR) is 78.9 cm³/mol. The van der Waals surface area contributed by atoms with Crippen LogP contribution in [0.5, 0.6) is 0 Å². The lowest BCUT2D eigenvalue weighted by atomic mass is 9.84. The first kappa shape index (κ1) is 15.4. The van der Waals surface area contributed by atoms with Crippen LogP contribution in [-0.2, 0) is 9.59 Å². The van der Waals surface area contributed by atoms with Crippen molar-refractivity contribution >= 4 is 23.6 Å². The number of amides is 1. The first-order valence-electron chi connectivity index (χ1n) is 6.98. The first-order chi connectivity index (χ1) is 9.25. The molecule has 0 aromatic rings. The molecule has 2 heterocycles. The van der Waals surface area contributed by atoms with Crippen molar-refractivity contribution in [1.82, 2.24) is 4.90 Å². The van der Waals surface area contributed by atoms with Crippen LogP contribution in [-0.4, -0.2) is 39.2 Å². The number of aliphatic carboxylic acids is 1. The van der Waals surface area contributed by atoms with Crippen molar-refractivity contribution in [2.24, 2.45) is 17.6 Å². The highest BCUT2D eigenvalue weighted by atomic mass is 32.2. The Hall–Kier alpha value is -1.01. The van der Waals surface area contributed by atoms with Crippen molar-refractivity contribution in [3.63, 3.8) is 0 Å². The molecule has 3 N–H and O–H groups in total. The normalized spacial score (nSPS) is 31.9. The molecule has 1 fully saturated rings. The number of hydrogen-bond acceptors (Lipinski definition) is 4. The van der Waals surface area contributed by atoms with E-state index in [1.54, 1.807) is 11.8 Å². The number of carboxylic acid groups (broad SMARTS) is 1. The lowest BCUT2D eigenvalue weighted by molar-refractivity contribution is -0.155. The van der Waals surface area contributed by atoms with E-state index in [0.717, 1.165) is 11.3 Å². The maximum atomic E-state index is 11.9. The van der Waals surface area contributed by atoms with E-state index in [4.69, 9.17) is 5.73 Å². The van der Waals surface area contributed by atoms with E-state index in [9.17, 15) is 14.7 Å². The zero-order valence-corrected chi connectivity index (χ0v) is 13.1. The fourth-order valence-electron chi connectivity index (χ4n) is 3.22. The molecule has 1 amide bonds. The van der Waals surface area contributed by atoms with Gasteiger partial charge in [-0.25, -0.2) is 4.79 Å². The highest BCUT2D eigenvalue weighted by Gasteiger charge is 2.56. The summed E-state index contributed by atoms with van der Waals surface area (Å²) in [6.07, 6.45) is 0.821. The molecule has 6 heteroatoms. The molecular formula is C14H22N2O3S. The van der Waals surface area contributed by atoms with Gasteiger partial charge in [0.25, 0.3) is 0 Å². The second-order valence-electron chi connectivity index (χ2n) is 5.94. The van der Waals surface area contributed by atoms with Crippen LogP contribution in [0.15, 0.2) is 10.6 Å². The Morgan fingerprint density at radius 2 is 2.00 bits per heavy atom. The zero-order chi connectivity index (χ0) is 15.2. The van der Waals surface area contributed by atoms with Crippen LogP contribution < -0.4 is 5.73 Å². The SMILES string of the molecule is CC(N)CC(C)SC1=C(C(=O)O)N2C(=O)C(C)C2C1C. The number of carboxylic acids is 1. The standard InChI is InChI=1S/C14H22N2O3S/c1-6(15)5-7(2)20-12-8(3)10-9(4)13(17)16(10)11(12)14(18)19/h6-10H,5,15H2,1-4H3,(H,18,19). The van der Waals surface area contributed by atoms with Crippen LogP contribution in [0.2, 0.25) is 0 Å². The maximum Gasteiger partial charge on any atom is 0.353 e. The summed E-state index contributed by atoms with van der Waals surface area (Å²) in [5.74, 6) is -1.07. The molecule has 0 saturated carbocycles. The van der Waals surface area contributed by atoms with Crippen LogP contribution in [0.4, 0.5) is 0 Å². The number of rotatable bonds is 5. The Bertz CT molecular complexity index is 475. The molecule has 1 saturated heterocycles. The molecule has 2 rings (SSSR count). The Labute approximate surface area is 123 Å². The Morgan fingerprint density at radius 3 is 2.50 bits per heavy atom. The number of nitrogens with zero attached hydrogens (tertiary/aromatic N) is 1. The molecule has 0 bridgehead atoms. The summed E-state index contributed by atoms with van der Waals surface area (Å²) >= 11 is 1.56. The second-order valence-corrected chi connectivity index (χ2v) is 7.42. The van der Waals surface area contributed by atoms with Crippen molar-refractivity contribution in [3.05, 3.63) is 10.6 Å². The largest absolute Gasteiger partial charge is 0.477 e. The molecule has 20 heavy (non-hydrogen) atoms. The molecule has 0 aliphatic carbocycles. The van der Waals surface area contributed by atoms with E-state index in [0.29, 0.717) is 0 Å². The summed E-state index contributed by atoms with van der Waals surface area (Å²) in [6.45, 7) is 7.88. The number of nitrogens with two attached hydrogens (primary N) is 1. The summed E-state index contributed by atoms with van der Waals surface area (Å²) in [5, 5.41) is 9.67. The van der Waals surface area contributed by atoms with Crippen molar-refractivity contribution in [3.8, 4) is 0 Å². The molecule has 0 radical (unpaired) electrons.